The highest BCUT2D eigenvalue weighted by Gasteiger charge is 2.30. The van der Waals surface area contributed by atoms with Crippen LogP contribution in [0.5, 0.6) is 0 Å². The number of aliphatic hydroxyl groups is 1. The number of hydrogen-bond acceptors (Lipinski definition) is 5. The van der Waals surface area contributed by atoms with Gasteiger partial charge in [0.2, 0.25) is 0 Å². The van der Waals surface area contributed by atoms with Gasteiger partial charge in [-0.2, -0.15) is 13.2 Å². The standard InChI is InChI=1S/C27H24F3N3O4/c28-27(29,30)20-12-10-19(11-13-20)18-8-5-17(6-9-18)7-14-24(34)22(26(36)37)15-16-33-25(35)21-3-1-2-4-23(21)31-32-33/h1-6,8-13,22,24,34H,7,14-16H2,(H,36,37)/t22-,24+/m0/s1. The number of rotatable bonds is 9. The molecule has 0 amide bonds. The number of aliphatic hydroxyl groups excluding tert-OH is 1. The molecule has 0 saturated carbocycles. The molecule has 7 nitrogen and oxygen atoms in total. The number of halogens is 3. The van der Waals surface area contributed by atoms with E-state index in [9.17, 15) is 33.0 Å². The monoisotopic (exact) mass is 511 g/mol. The third-order valence-electron chi connectivity index (χ3n) is 6.29. The van der Waals surface area contributed by atoms with Crippen LogP contribution in [0.1, 0.15) is 24.0 Å². The normalized spacial score (nSPS) is 13.4. The maximum absolute atomic E-state index is 12.8. The Hall–Kier alpha value is -4.05. The number of nitrogens with zero attached hydrogens (tertiary/aromatic N) is 3. The number of fused-ring (bicyclic) bond motifs is 1. The molecule has 10 heteroatoms. The van der Waals surface area contributed by atoms with Gasteiger partial charge in [-0.1, -0.05) is 53.7 Å². The van der Waals surface area contributed by atoms with E-state index < -0.39 is 29.7 Å². The average Bonchev–Trinajstić information content (AvgIpc) is 2.88. The van der Waals surface area contributed by atoms with E-state index in [2.05, 4.69) is 10.3 Å². The van der Waals surface area contributed by atoms with Gasteiger partial charge >= 0.3 is 12.1 Å². The van der Waals surface area contributed by atoms with Crippen molar-refractivity contribution in [1.82, 2.24) is 15.0 Å². The maximum Gasteiger partial charge on any atom is 0.416 e. The maximum atomic E-state index is 12.8. The number of aromatic nitrogens is 3. The Morgan fingerprint density at radius 3 is 2.16 bits per heavy atom. The van der Waals surface area contributed by atoms with Crippen LogP contribution in [0.25, 0.3) is 22.0 Å². The van der Waals surface area contributed by atoms with Crippen molar-refractivity contribution >= 4 is 16.9 Å². The van der Waals surface area contributed by atoms with Gasteiger partial charge in [0.25, 0.3) is 5.56 Å². The van der Waals surface area contributed by atoms with Crippen LogP contribution in [-0.4, -0.2) is 37.3 Å². The minimum Gasteiger partial charge on any atom is -0.481 e. The van der Waals surface area contributed by atoms with Crippen LogP contribution in [0.15, 0.2) is 77.6 Å². The Bertz CT molecular complexity index is 1430. The van der Waals surface area contributed by atoms with E-state index in [1.807, 2.05) is 0 Å². The quantitative estimate of drug-likeness (QED) is 0.341. The molecule has 0 aliphatic carbocycles. The summed E-state index contributed by atoms with van der Waals surface area (Å²) < 4.78 is 39.4. The van der Waals surface area contributed by atoms with Gasteiger partial charge in [0, 0.05) is 6.54 Å². The molecule has 2 atom stereocenters. The minimum atomic E-state index is -4.39. The lowest BCUT2D eigenvalue weighted by molar-refractivity contribution is -0.146. The van der Waals surface area contributed by atoms with Crippen LogP contribution >= 0.6 is 0 Å². The lowest BCUT2D eigenvalue weighted by Gasteiger charge is -2.19. The topological polar surface area (TPSA) is 105 Å². The fourth-order valence-corrected chi connectivity index (χ4v) is 4.14. The SMILES string of the molecule is O=C(O)[C@@H](CCn1nnc2ccccc2c1=O)[C@H](O)CCc1ccc(-c2ccc(C(F)(F)F)cc2)cc1. The predicted molar refractivity (Wildman–Crippen MR) is 131 cm³/mol. The number of hydrogen-bond donors (Lipinski definition) is 2. The predicted octanol–water partition coefficient (Wildman–Crippen LogP) is 4.56. The summed E-state index contributed by atoms with van der Waals surface area (Å²) in [6.07, 6.45) is -4.98. The highest BCUT2D eigenvalue weighted by Crippen LogP contribution is 2.31. The number of carbonyl (C=O) groups is 1. The Morgan fingerprint density at radius 2 is 1.54 bits per heavy atom. The summed E-state index contributed by atoms with van der Waals surface area (Å²) in [6.45, 7) is -0.00742. The van der Waals surface area contributed by atoms with Crippen LogP contribution in [0.3, 0.4) is 0 Å². The molecule has 192 valence electrons. The van der Waals surface area contributed by atoms with Crippen LogP contribution in [-0.2, 0) is 23.9 Å². The molecule has 0 bridgehead atoms. The van der Waals surface area contributed by atoms with Crippen molar-refractivity contribution in [3.8, 4) is 11.1 Å². The van der Waals surface area contributed by atoms with Gasteiger partial charge in [-0.15, -0.1) is 5.10 Å². The van der Waals surface area contributed by atoms with Crippen molar-refractivity contribution in [1.29, 1.82) is 0 Å². The number of aryl methyl sites for hydroxylation is 2. The summed E-state index contributed by atoms with van der Waals surface area (Å²) in [6, 6.07) is 18.7. The molecule has 3 aromatic carbocycles. The fraction of sp³-hybridized carbons (Fsp3) is 0.259. The van der Waals surface area contributed by atoms with E-state index in [1.54, 1.807) is 48.5 Å². The average molecular weight is 512 g/mol. The molecule has 0 unspecified atom stereocenters. The van der Waals surface area contributed by atoms with Gasteiger partial charge in [0.05, 0.1) is 23.0 Å². The first kappa shape index (κ1) is 26.0. The number of alkyl halides is 3. The molecule has 4 aromatic rings. The van der Waals surface area contributed by atoms with Crippen LogP contribution in [0.2, 0.25) is 0 Å². The number of benzene rings is 3. The highest BCUT2D eigenvalue weighted by molar-refractivity contribution is 5.76. The van der Waals surface area contributed by atoms with E-state index in [1.165, 1.54) is 12.1 Å². The first-order valence-corrected chi connectivity index (χ1v) is 11.6. The molecule has 0 radical (unpaired) electrons. The second-order valence-corrected chi connectivity index (χ2v) is 8.75. The Kier molecular flexibility index (Phi) is 7.68. The third kappa shape index (κ3) is 6.21. The molecule has 0 aliphatic rings. The summed E-state index contributed by atoms with van der Waals surface area (Å²) >= 11 is 0. The van der Waals surface area contributed by atoms with Crippen LogP contribution in [0, 0.1) is 5.92 Å². The number of aliphatic carboxylic acids is 1. The van der Waals surface area contributed by atoms with E-state index in [0.29, 0.717) is 22.9 Å². The fourth-order valence-electron chi connectivity index (χ4n) is 4.14. The van der Waals surface area contributed by atoms with Gasteiger partial charge < -0.3 is 10.2 Å². The van der Waals surface area contributed by atoms with E-state index in [0.717, 1.165) is 27.9 Å². The molecule has 0 fully saturated rings. The van der Waals surface area contributed by atoms with E-state index >= 15 is 0 Å². The second-order valence-electron chi connectivity index (χ2n) is 8.75. The van der Waals surface area contributed by atoms with Crippen molar-refractivity contribution in [3.63, 3.8) is 0 Å². The smallest absolute Gasteiger partial charge is 0.416 e. The van der Waals surface area contributed by atoms with Gasteiger partial charge in [-0.05, 0) is 60.2 Å². The first-order valence-electron chi connectivity index (χ1n) is 11.6. The van der Waals surface area contributed by atoms with Gasteiger partial charge in [0.1, 0.15) is 5.52 Å². The van der Waals surface area contributed by atoms with Gasteiger partial charge in [0.15, 0.2) is 0 Å². The summed E-state index contributed by atoms with van der Waals surface area (Å²) in [7, 11) is 0. The summed E-state index contributed by atoms with van der Waals surface area (Å²) in [5, 5.41) is 28.5. The molecule has 0 aliphatic heterocycles. The Balaban J connectivity index is 1.36. The van der Waals surface area contributed by atoms with Gasteiger partial charge in [-0.3, -0.25) is 9.59 Å². The molecule has 1 aromatic heterocycles. The molecular weight excluding hydrogens is 487 g/mol. The third-order valence-corrected chi connectivity index (χ3v) is 6.29. The van der Waals surface area contributed by atoms with E-state index in [-0.39, 0.29) is 24.9 Å². The van der Waals surface area contributed by atoms with Crippen LogP contribution in [0.4, 0.5) is 13.2 Å². The number of carboxylic acids is 1. The van der Waals surface area contributed by atoms with Crippen molar-refractivity contribution in [2.24, 2.45) is 5.92 Å². The minimum absolute atomic E-state index is 0.00368. The molecule has 0 saturated heterocycles. The zero-order valence-corrected chi connectivity index (χ0v) is 19.6. The largest absolute Gasteiger partial charge is 0.481 e. The second kappa shape index (κ2) is 10.9. The van der Waals surface area contributed by atoms with Crippen molar-refractivity contribution < 1.29 is 28.2 Å². The Labute approximate surface area is 209 Å². The zero-order valence-electron chi connectivity index (χ0n) is 19.6. The highest BCUT2D eigenvalue weighted by atomic mass is 19.4. The van der Waals surface area contributed by atoms with Crippen molar-refractivity contribution in [2.45, 2.75) is 38.1 Å². The van der Waals surface area contributed by atoms with E-state index in [4.69, 9.17) is 0 Å². The molecular formula is C27H24F3N3O4. The molecule has 4 rings (SSSR count). The molecule has 37 heavy (non-hydrogen) atoms. The molecule has 0 spiro atoms. The summed E-state index contributed by atoms with van der Waals surface area (Å²) in [5.74, 6) is -2.28. The van der Waals surface area contributed by atoms with Crippen LogP contribution < -0.4 is 5.56 Å². The van der Waals surface area contributed by atoms with Gasteiger partial charge in [-0.25, -0.2) is 4.68 Å². The Morgan fingerprint density at radius 1 is 0.919 bits per heavy atom. The molecule has 2 N–H and O–H groups in total. The number of carboxylic acid groups (broad SMARTS) is 1. The summed E-state index contributed by atoms with van der Waals surface area (Å²) in [5.41, 5.74) is 1.57. The first-order chi connectivity index (χ1) is 17.6. The lowest BCUT2D eigenvalue weighted by Crippen LogP contribution is -2.32. The van der Waals surface area contributed by atoms with Crippen molar-refractivity contribution in [3.05, 3.63) is 94.3 Å². The zero-order chi connectivity index (χ0) is 26.6. The molecule has 1 heterocycles. The summed E-state index contributed by atoms with van der Waals surface area (Å²) in [4.78, 5) is 24.4. The van der Waals surface area contributed by atoms with Crippen molar-refractivity contribution in [2.75, 3.05) is 0 Å². The lowest BCUT2D eigenvalue weighted by atomic mass is 9.93.